The van der Waals surface area contributed by atoms with Crippen molar-refractivity contribution >= 4 is 49.9 Å². The molecule has 0 radical (unpaired) electrons. The lowest BCUT2D eigenvalue weighted by Gasteiger charge is -2.19. The number of nitrogens with one attached hydrogen (secondary N) is 1. The van der Waals surface area contributed by atoms with Crippen LogP contribution in [0.1, 0.15) is 24.0 Å². The van der Waals surface area contributed by atoms with Crippen molar-refractivity contribution in [3.8, 4) is 11.5 Å². The lowest BCUT2D eigenvalue weighted by molar-refractivity contribution is 0.454. The molecule has 0 bridgehead atoms. The van der Waals surface area contributed by atoms with E-state index in [4.69, 9.17) is 21.6 Å². The summed E-state index contributed by atoms with van der Waals surface area (Å²) in [5.74, 6) is 2.06. The van der Waals surface area contributed by atoms with Gasteiger partial charge in [-0.1, -0.05) is 120 Å². The molecule has 0 saturated heterocycles. The van der Waals surface area contributed by atoms with Gasteiger partial charge in [-0.3, -0.25) is 5.41 Å². The molecule has 0 aromatic heterocycles. The number of benzene rings is 6. The maximum absolute atomic E-state index is 7.06. The number of hydrogen-bond acceptors (Lipinski definition) is 4. The summed E-state index contributed by atoms with van der Waals surface area (Å²) in [5, 5.41) is 15.1. The standard InChI is InChI=1S/C19H14.C13H11NOS.C7H10N2/c1-13-10-11-18-16-8-3-2-6-14(16)15-7-4-5-9-17(15)19(18)12-13;14-8-9-5-6-11-13(7-9)16-12-4-2-1-3-10(12)15-11;8-7(9)6-4-2-1-3-5-6/h2-12H,1H3;1-7H,8,14H2;1-2,4H,3,5H2,(H3,8,9). The monoisotopic (exact) mass is 593 g/mol. The maximum atomic E-state index is 7.06. The minimum Gasteiger partial charge on any atom is -0.455 e. The van der Waals surface area contributed by atoms with Gasteiger partial charge in [0.2, 0.25) is 0 Å². The molecule has 0 amide bonds. The lowest BCUT2D eigenvalue weighted by Crippen LogP contribution is -2.13. The molecule has 8 rings (SSSR count). The summed E-state index contributed by atoms with van der Waals surface area (Å²) >= 11 is 1.73. The third kappa shape index (κ3) is 6.25. The fraction of sp³-hybridized carbons (Fsp3) is 0.103. The van der Waals surface area contributed by atoms with Crippen molar-refractivity contribution in [3.05, 3.63) is 144 Å². The molecule has 218 valence electrons. The van der Waals surface area contributed by atoms with Crippen LogP contribution in [-0.4, -0.2) is 5.84 Å². The third-order valence-electron chi connectivity index (χ3n) is 7.79. The number of para-hydroxylation sites is 1. The number of amidine groups is 1. The Labute approximate surface area is 262 Å². The first kappa shape index (κ1) is 29.2. The molecular weight excluding hydrogens is 559 g/mol. The Balaban J connectivity index is 0.000000125. The Hall–Kier alpha value is -4.84. The van der Waals surface area contributed by atoms with Gasteiger partial charge in [0.15, 0.2) is 0 Å². The van der Waals surface area contributed by atoms with Crippen molar-refractivity contribution in [1.82, 2.24) is 0 Å². The highest BCUT2D eigenvalue weighted by molar-refractivity contribution is 7.99. The van der Waals surface area contributed by atoms with Crippen molar-refractivity contribution in [3.63, 3.8) is 0 Å². The van der Waals surface area contributed by atoms with Gasteiger partial charge in [-0.15, -0.1) is 0 Å². The van der Waals surface area contributed by atoms with Gasteiger partial charge >= 0.3 is 0 Å². The molecule has 0 unspecified atom stereocenters. The highest BCUT2D eigenvalue weighted by Gasteiger charge is 2.17. The summed E-state index contributed by atoms with van der Waals surface area (Å²) in [6.07, 6.45) is 7.86. The maximum Gasteiger partial charge on any atom is 0.141 e. The average Bonchev–Trinajstić information content (AvgIpc) is 3.08. The summed E-state index contributed by atoms with van der Waals surface area (Å²) in [5.41, 5.74) is 14.3. The molecule has 5 heteroatoms. The second kappa shape index (κ2) is 13.2. The SMILES string of the molecule is Cc1ccc2c3ccccc3c3ccccc3c2c1.N=C(N)C1=CC=CCC1.NCc1ccc2c(c1)Sc1ccccc1O2. The molecule has 0 atom stereocenters. The van der Waals surface area contributed by atoms with Gasteiger partial charge in [-0.05, 0) is 87.5 Å². The van der Waals surface area contributed by atoms with Crippen molar-refractivity contribution in [2.45, 2.75) is 36.1 Å². The fourth-order valence-corrected chi connectivity index (χ4v) is 6.56. The van der Waals surface area contributed by atoms with Crippen LogP contribution in [-0.2, 0) is 6.54 Å². The van der Waals surface area contributed by atoms with Crippen LogP contribution in [0, 0.1) is 12.3 Å². The third-order valence-corrected chi connectivity index (χ3v) is 8.89. The van der Waals surface area contributed by atoms with Crippen LogP contribution >= 0.6 is 11.8 Å². The zero-order chi connectivity index (χ0) is 30.5. The minimum atomic E-state index is 0.208. The first-order valence-electron chi connectivity index (χ1n) is 14.8. The summed E-state index contributed by atoms with van der Waals surface area (Å²) < 4.78 is 5.82. The molecule has 44 heavy (non-hydrogen) atoms. The largest absolute Gasteiger partial charge is 0.455 e. The van der Waals surface area contributed by atoms with E-state index in [0.717, 1.165) is 45.3 Å². The number of ether oxygens (including phenoxy) is 1. The smallest absolute Gasteiger partial charge is 0.141 e. The summed E-state index contributed by atoms with van der Waals surface area (Å²) in [4.78, 5) is 2.30. The Morgan fingerprint density at radius 2 is 1.34 bits per heavy atom. The molecule has 1 aliphatic carbocycles. The number of fused-ring (bicyclic) bond motifs is 8. The van der Waals surface area contributed by atoms with E-state index in [2.05, 4.69) is 91.9 Å². The first-order valence-corrected chi connectivity index (χ1v) is 15.6. The van der Waals surface area contributed by atoms with Crippen LogP contribution in [0.3, 0.4) is 0 Å². The predicted molar refractivity (Wildman–Crippen MR) is 187 cm³/mol. The number of rotatable bonds is 2. The highest BCUT2D eigenvalue weighted by Crippen LogP contribution is 2.46. The van der Waals surface area contributed by atoms with Gasteiger partial charge in [0.25, 0.3) is 0 Å². The summed E-state index contributed by atoms with van der Waals surface area (Å²) in [6, 6.07) is 38.3. The van der Waals surface area contributed by atoms with Gasteiger partial charge in [0.1, 0.15) is 17.3 Å². The molecule has 5 N–H and O–H groups in total. The van der Waals surface area contributed by atoms with Crippen molar-refractivity contribution in [2.24, 2.45) is 11.5 Å². The topological polar surface area (TPSA) is 85.1 Å². The molecule has 1 aliphatic heterocycles. The molecular formula is C39H35N3OS. The van der Waals surface area contributed by atoms with E-state index in [1.165, 1.54) is 37.9 Å². The first-order chi connectivity index (χ1) is 21.5. The Morgan fingerprint density at radius 1 is 0.727 bits per heavy atom. The Kier molecular flexibility index (Phi) is 8.78. The molecule has 6 aromatic rings. The molecule has 0 spiro atoms. The van der Waals surface area contributed by atoms with Gasteiger partial charge in [-0.25, -0.2) is 0 Å². The number of nitrogens with two attached hydrogens (primary N) is 2. The van der Waals surface area contributed by atoms with E-state index >= 15 is 0 Å². The van der Waals surface area contributed by atoms with Crippen LogP contribution in [0.5, 0.6) is 11.5 Å². The Bertz CT molecular complexity index is 2030. The van der Waals surface area contributed by atoms with E-state index in [1.54, 1.807) is 11.8 Å². The minimum absolute atomic E-state index is 0.208. The van der Waals surface area contributed by atoms with E-state index < -0.39 is 0 Å². The van der Waals surface area contributed by atoms with E-state index in [9.17, 15) is 0 Å². The van der Waals surface area contributed by atoms with E-state index in [1.807, 2.05) is 42.5 Å². The van der Waals surface area contributed by atoms with Crippen LogP contribution in [0.4, 0.5) is 0 Å². The molecule has 1 heterocycles. The van der Waals surface area contributed by atoms with Crippen LogP contribution in [0.2, 0.25) is 0 Å². The van der Waals surface area contributed by atoms with E-state index in [-0.39, 0.29) is 5.84 Å². The molecule has 2 aliphatic rings. The van der Waals surface area contributed by atoms with Crippen molar-refractivity contribution in [1.29, 1.82) is 5.41 Å². The normalized spacial score (nSPS) is 13.0. The highest BCUT2D eigenvalue weighted by atomic mass is 32.2. The second-order valence-corrected chi connectivity index (χ2v) is 11.9. The summed E-state index contributed by atoms with van der Waals surface area (Å²) in [6.45, 7) is 2.72. The van der Waals surface area contributed by atoms with Gasteiger partial charge in [0, 0.05) is 6.54 Å². The zero-order valence-electron chi connectivity index (χ0n) is 24.7. The van der Waals surface area contributed by atoms with Crippen molar-refractivity contribution in [2.75, 3.05) is 0 Å². The van der Waals surface area contributed by atoms with Crippen molar-refractivity contribution < 1.29 is 4.74 Å². The van der Waals surface area contributed by atoms with Crippen LogP contribution < -0.4 is 16.2 Å². The molecule has 0 saturated carbocycles. The number of aryl methyl sites for hydroxylation is 1. The van der Waals surface area contributed by atoms with E-state index in [0.29, 0.717) is 6.54 Å². The summed E-state index contributed by atoms with van der Waals surface area (Å²) in [7, 11) is 0. The average molecular weight is 594 g/mol. The predicted octanol–water partition coefficient (Wildman–Crippen LogP) is 10.1. The molecule has 6 aromatic carbocycles. The van der Waals surface area contributed by atoms with Crippen LogP contribution in [0.25, 0.3) is 32.3 Å². The molecule has 0 fully saturated rings. The quantitative estimate of drug-likeness (QED) is 0.106. The second-order valence-electron chi connectivity index (χ2n) is 10.8. The fourth-order valence-electron chi connectivity index (χ4n) is 5.55. The Morgan fingerprint density at radius 3 is 1.95 bits per heavy atom. The van der Waals surface area contributed by atoms with Gasteiger partial charge in [0.05, 0.1) is 9.79 Å². The van der Waals surface area contributed by atoms with Gasteiger partial charge < -0.3 is 16.2 Å². The van der Waals surface area contributed by atoms with Gasteiger partial charge in [-0.2, -0.15) is 0 Å². The number of allylic oxidation sites excluding steroid dienone is 3. The molecule has 4 nitrogen and oxygen atoms in total. The number of hydrogen-bond donors (Lipinski definition) is 3. The zero-order valence-corrected chi connectivity index (χ0v) is 25.5. The van der Waals surface area contributed by atoms with Crippen LogP contribution in [0.15, 0.2) is 143 Å². The lowest BCUT2D eigenvalue weighted by atomic mass is 9.93.